The summed E-state index contributed by atoms with van der Waals surface area (Å²) in [4.78, 5) is 29.3. The van der Waals surface area contributed by atoms with Gasteiger partial charge in [0.2, 0.25) is 12.1 Å². The predicted molar refractivity (Wildman–Crippen MR) is 95.0 cm³/mol. The van der Waals surface area contributed by atoms with Crippen molar-refractivity contribution in [1.29, 1.82) is 0 Å². The van der Waals surface area contributed by atoms with Crippen molar-refractivity contribution < 1.29 is 9.72 Å². The van der Waals surface area contributed by atoms with Crippen LogP contribution < -0.4 is 4.90 Å². The summed E-state index contributed by atoms with van der Waals surface area (Å²) in [5.41, 5.74) is 2.94. The van der Waals surface area contributed by atoms with Gasteiger partial charge in [-0.3, -0.25) is 9.36 Å². The molecule has 2 aromatic rings. The van der Waals surface area contributed by atoms with Gasteiger partial charge in [-0.1, -0.05) is 23.8 Å². The van der Waals surface area contributed by atoms with E-state index in [0.717, 1.165) is 16.7 Å². The Morgan fingerprint density at radius 2 is 1.96 bits per heavy atom. The second-order valence-corrected chi connectivity index (χ2v) is 6.70. The van der Waals surface area contributed by atoms with E-state index in [1.807, 2.05) is 36.9 Å². The van der Waals surface area contributed by atoms with E-state index >= 15 is 0 Å². The maximum absolute atomic E-state index is 12.8. The van der Waals surface area contributed by atoms with E-state index in [2.05, 4.69) is 4.98 Å². The quantitative estimate of drug-likeness (QED) is 0.484. The zero-order valence-electron chi connectivity index (χ0n) is 14.7. The fraction of sp³-hybridized carbons (Fsp3) is 0.444. The molecule has 1 aliphatic heterocycles. The lowest BCUT2D eigenvalue weighted by molar-refractivity contribution is -0.388. The molecule has 1 fully saturated rings. The number of ketones is 1. The van der Waals surface area contributed by atoms with Crippen LogP contribution in [0.3, 0.4) is 0 Å². The number of rotatable bonds is 4. The Bertz CT molecular complexity index is 820. The van der Waals surface area contributed by atoms with Crippen molar-refractivity contribution in [2.24, 2.45) is 13.0 Å². The van der Waals surface area contributed by atoms with E-state index in [-0.39, 0.29) is 17.5 Å². The zero-order chi connectivity index (χ0) is 18.1. The van der Waals surface area contributed by atoms with Gasteiger partial charge in [-0.15, -0.1) is 0 Å². The Morgan fingerprint density at radius 3 is 2.56 bits per heavy atom. The minimum atomic E-state index is -0.456. The molecule has 0 amide bonds. The number of carbonyl (C=O) groups is 1. The van der Waals surface area contributed by atoms with Gasteiger partial charge in [0.1, 0.15) is 0 Å². The number of aromatic nitrogens is 2. The molecular formula is C18H22N4O3. The van der Waals surface area contributed by atoms with Gasteiger partial charge in [0, 0.05) is 31.6 Å². The highest BCUT2D eigenvalue weighted by molar-refractivity contribution is 5.99. The summed E-state index contributed by atoms with van der Waals surface area (Å²) in [5, 5.41) is 11.1. The summed E-state index contributed by atoms with van der Waals surface area (Å²) in [6, 6.07) is 5.90. The molecule has 3 rings (SSSR count). The van der Waals surface area contributed by atoms with Crippen LogP contribution >= 0.6 is 0 Å². The number of anilines is 1. The minimum absolute atomic E-state index is 0.0371. The third kappa shape index (κ3) is 3.26. The molecule has 7 heteroatoms. The Balaban J connectivity index is 1.73. The summed E-state index contributed by atoms with van der Waals surface area (Å²) >= 11 is 0. The molecule has 0 bridgehead atoms. The molecule has 0 N–H and O–H groups in total. The lowest BCUT2D eigenvalue weighted by Crippen LogP contribution is -2.37. The average molecular weight is 342 g/mol. The molecule has 0 aliphatic carbocycles. The smallest absolute Gasteiger partial charge is 0.358 e. The van der Waals surface area contributed by atoms with Crippen molar-refractivity contribution in [3.05, 3.63) is 51.3 Å². The maximum atomic E-state index is 12.8. The van der Waals surface area contributed by atoms with Gasteiger partial charge in [0.15, 0.2) is 5.78 Å². The Morgan fingerprint density at radius 1 is 1.28 bits per heavy atom. The van der Waals surface area contributed by atoms with Crippen molar-refractivity contribution in [2.75, 3.05) is 18.0 Å². The molecule has 0 radical (unpaired) electrons. The number of hydrogen-bond donors (Lipinski definition) is 0. The highest BCUT2D eigenvalue weighted by Crippen LogP contribution is 2.31. The van der Waals surface area contributed by atoms with Gasteiger partial charge in [0.25, 0.3) is 0 Å². The van der Waals surface area contributed by atoms with E-state index < -0.39 is 4.92 Å². The van der Waals surface area contributed by atoms with E-state index in [0.29, 0.717) is 31.7 Å². The first-order chi connectivity index (χ1) is 11.9. The standard InChI is InChI=1S/C18H22N4O3/c1-12-4-5-15(13(2)10-12)16(23)14-6-8-21(9-7-14)18-17(22(24)25)19-11-20(18)3/h4-5,10-11,14H,6-9H2,1-3H3. The third-order valence-electron chi connectivity index (χ3n) is 4.87. The first kappa shape index (κ1) is 17.1. The molecule has 0 saturated carbocycles. The molecule has 1 aliphatic rings. The molecule has 0 atom stereocenters. The van der Waals surface area contributed by atoms with Crippen LogP contribution in [-0.4, -0.2) is 33.3 Å². The molecule has 7 nitrogen and oxygen atoms in total. The minimum Gasteiger partial charge on any atom is -0.358 e. The van der Waals surface area contributed by atoms with Crippen LogP contribution in [0.4, 0.5) is 11.6 Å². The topological polar surface area (TPSA) is 81.3 Å². The molecule has 2 heterocycles. The molecule has 0 spiro atoms. The fourth-order valence-electron chi connectivity index (χ4n) is 3.57. The van der Waals surface area contributed by atoms with Crippen molar-refractivity contribution in [3.8, 4) is 0 Å². The van der Waals surface area contributed by atoms with Gasteiger partial charge < -0.3 is 15.0 Å². The van der Waals surface area contributed by atoms with Crippen LogP contribution in [0.1, 0.15) is 34.3 Å². The van der Waals surface area contributed by atoms with Crippen molar-refractivity contribution in [3.63, 3.8) is 0 Å². The molecular weight excluding hydrogens is 320 g/mol. The number of carbonyl (C=O) groups excluding carboxylic acids is 1. The molecule has 132 valence electrons. The first-order valence-electron chi connectivity index (χ1n) is 8.40. The second kappa shape index (κ2) is 6.66. The zero-order valence-corrected chi connectivity index (χ0v) is 14.7. The lowest BCUT2D eigenvalue weighted by Gasteiger charge is -2.32. The Labute approximate surface area is 146 Å². The number of piperidine rings is 1. The van der Waals surface area contributed by atoms with Crippen LogP contribution in [0, 0.1) is 29.9 Å². The summed E-state index contributed by atoms with van der Waals surface area (Å²) in [6.07, 6.45) is 2.84. The molecule has 1 aromatic heterocycles. The van der Waals surface area contributed by atoms with E-state index in [4.69, 9.17) is 0 Å². The number of benzene rings is 1. The highest BCUT2D eigenvalue weighted by Gasteiger charge is 2.31. The summed E-state index contributed by atoms with van der Waals surface area (Å²) in [6.45, 7) is 5.21. The number of nitrogens with zero attached hydrogens (tertiary/aromatic N) is 4. The second-order valence-electron chi connectivity index (χ2n) is 6.70. The number of aryl methyl sites for hydroxylation is 3. The van der Waals surface area contributed by atoms with E-state index in [9.17, 15) is 14.9 Å². The van der Waals surface area contributed by atoms with Gasteiger partial charge in [-0.05, 0) is 42.2 Å². The number of nitro groups is 1. The monoisotopic (exact) mass is 342 g/mol. The summed E-state index contributed by atoms with van der Waals surface area (Å²) < 4.78 is 1.67. The van der Waals surface area contributed by atoms with Crippen LogP contribution in [0.2, 0.25) is 0 Å². The predicted octanol–water partition coefficient (Wildman–Crippen LogP) is 3.04. The SMILES string of the molecule is Cc1ccc(C(=O)C2CCN(c3c([N+](=O)[O-])ncn3C)CC2)c(C)c1. The first-order valence-corrected chi connectivity index (χ1v) is 8.40. The number of imidazole rings is 1. The Hall–Kier alpha value is -2.70. The summed E-state index contributed by atoms with van der Waals surface area (Å²) in [5.74, 6) is 0.533. The van der Waals surface area contributed by atoms with Gasteiger partial charge in [0.05, 0.1) is 0 Å². The van der Waals surface area contributed by atoms with Crippen LogP contribution in [-0.2, 0) is 7.05 Å². The van der Waals surface area contributed by atoms with Crippen molar-refractivity contribution >= 4 is 17.4 Å². The van der Waals surface area contributed by atoms with Crippen molar-refractivity contribution in [1.82, 2.24) is 9.55 Å². The largest absolute Gasteiger partial charge is 0.406 e. The number of Topliss-reactive ketones (excluding diaryl/α,β-unsaturated/α-hetero) is 1. The maximum Gasteiger partial charge on any atom is 0.406 e. The normalized spacial score (nSPS) is 15.4. The molecule has 1 saturated heterocycles. The summed E-state index contributed by atoms with van der Waals surface area (Å²) in [7, 11) is 1.75. The third-order valence-corrected chi connectivity index (χ3v) is 4.87. The fourth-order valence-corrected chi connectivity index (χ4v) is 3.57. The molecule has 0 unspecified atom stereocenters. The van der Waals surface area contributed by atoms with Gasteiger partial charge in [-0.25, -0.2) is 0 Å². The Kier molecular flexibility index (Phi) is 4.57. The number of hydrogen-bond acceptors (Lipinski definition) is 5. The van der Waals surface area contributed by atoms with Crippen molar-refractivity contribution in [2.45, 2.75) is 26.7 Å². The van der Waals surface area contributed by atoms with Crippen LogP contribution in [0.25, 0.3) is 0 Å². The molecule has 1 aromatic carbocycles. The highest BCUT2D eigenvalue weighted by atomic mass is 16.6. The van der Waals surface area contributed by atoms with Gasteiger partial charge in [-0.2, -0.15) is 0 Å². The average Bonchev–Trinajstić information content (AvgIpc) is 2.96. The van der Waals surface area contributed by atoms with Crippen LogP contribution in [0.15, 0.2) is 24.5 Å². The van der Waals surface area contributed by atoms with E-state index in [1.54, 1.807) is 11.6 Å². The van der Waals surface area contributed by atoms with E-state index in [1.165, 1.54) is 6.33 Å². The van der Waals surface area contributed by atoms with Crippen LogP contribution in [0.5, 0.6) is 0 Å². The lowest BCUT2D eigenvalue weighted by atomic mass is 9.87. The molecule has 25 heavy (non-hydrogen) atoms. The van der Waals surface area contributed by atoms with Gasteiger partial charge >= 0.3 is 5.82 Å².